The van der Waals surface area contributed by atoms with E-state index < -0.39 is 16.9 Å². The van der Waals surface area contributed by atoms with E-state index >= 15 is 0 Å². The van der Waals surface area contributed by atoms with Crippen LogP contribution in [0.15, 0.2) is 0 Å². The lowest BCUT2D eigenvalue weighted by molar-refractivity contribution is -0.151. The van der Waals surface area contributed by atoms with Crippen LogP contribution < -0.4 is 11.1 Å². The zero-order valence-corrected chi connectivity index (χ0v) is 11.7. The highest BCUT2D eigenvalue weighted by atomic mass is 16.4. The van der Waals surface area contributed by atoms with Crippen LogP contribution in [0.1, 0.15) is 53.4 Å². The predicted octanol–water partition coefficient (Wildman–Crippen LogP) is 1.26. The highest BCUT2D eigenvalue weighted by Gasteiger charge is 2.45. The van der Waals surface area contributed by atoms with Crippen LogP contribution in [0.3, 0.4) is 0 Å². The Morgan fingerprint density at radius 3 is 2.11 bits per heavy atom. The minimum atomic E-state index is -1.04. The van der Waals surface area contributed by atoms with Gasteiger partial charge in [-0.25, -0.2) is 0 Å². The summed E-state index contributed by atoms with van der Waals surface area (Å²) in [4.78, 5) is 23.2. The van der Waals surface area contributed by atoms with Gasteiger partial charge in [0.25, 0.3) is 0 Å². The molecule has 0 aromatic heterocycles. The molecule has 1 amide bonds. The summed E-state index contributed by atoms with van der Waals surface area (Å²) in [7, 11) is 0. The van der Waals surface area contributed by atoms with Crippen molar-refractivity contribution in [3.63, 3.8) is 0 Å². The Balaban J connectivity index is 2.65. The third kappa shape index (κ3) is 2.83. The SMILES string of the molecule is CC(C)(NC(=O)CC1(N)CCC1)C(C)(C)C(=O)O. The Morgan fingerprint density at radius 1 is 1.28 bits per heavy atom. The monoisotopic (exact) mass is 256 g/mol. The number of carboxylic acids is 1. The number of nitrogens with two attached hydrogens (primary N) is 1. The number of carboxylic acid groups (broad SMARTS) is 1. The first-order chi connectivity index (χ1) is 8.00. The zero-order chi connectivity index (χ0) is 14.2. The summed E-state index contributed by atoms with van der Waals surface area (Å²) in [5, 5.41) is 12.0. The van der Waals surface area contributed by atoms with Crippen molar-refractivity contribution < 1.29 is 14.7 Å². The van der Waals surface area contributed by atoms with Crippen molar-refractivity contribution in [2.24, 2.45) is 11.1 Å². The molecular formula is C13H24N2O3. The van der Waals surface area contributed by atoms with Gasteiger partial charge in [0, 0.05) is 17.5 Å². The molecule has 1 fully saturated rings. The first-order valence-corrected chi connectivity index (χ1v) is 6.33. The van der Waals surface area contributed by atoms with Crippen LogP contribution in [-0.4, -0.2) is 28.1 Å². The number of rotatable bonds is 5. The standard InChI is InChI=1S/C13H24N2O3/c1-11(2,10(17)18)12(3,4)15-9(16)8-13(14)6-5-7-13/h5-8,14H2,1-4H3,(H,15,16)(H,17,18). The molecule has 5 nitrogen and oxygen atoms in total. The molecular weight excluding hydrogens is 232 g/mol. The number of carbonyl (C=O) groups excluding carboxylic acids is 1. The predicted molar refractivity (Wildman–Crippen MR) is 69.0 cm³/mol. The number of hydrogen-bond donors (Lipinski definition) is 3. The summed E-state index contributed by atoms with van der Waals surface area (Å²) in [5.74, 6) is -1.10. The molecule has 0 aromatic rings. The topological polar surface area (TPSA) is 92.4 Å². The molecule has 0 unspecified atom stereocenters. The van der Waals surface area contributed by atoms with Crippen LogP contribution in [0.5, 0.6) is 0 Å². The molecule has 0 atom stereocenters. The largest absolute Gasteiger partial charge is 0.481 e. The Morgan fingerprint density at radius 2 is 1.78 bits per heavy atom. The summed E-state index contributed by atoms with van der Waals surface area (Å²) < 4.78 is 0. The summed E-state index contributed by atoms with van der Waals surface area (Å²) in [5.41, 5.74) is 3.77. The van der Waals surface area contributed by atoms with Gasteiger partial charge in [-0.15, -0.1) is 0 Å². The van der Waals surface area contributed by atoms with Gasteiger partial charge in [0.15, 0.2) is 0 Å². The van der Waals surface area contributed by atoms with Crippen LogP contribution >= 0.6 is 0 Å². The Hall–Kier alpha value is -1.10. The molecule has 0 heterocycles. The first-order valence-electron chi connectivity index (χ1n) is 6.33. The highest BCUT2D eigenvalue weighted by Crippen LogP contribution is 2.34. The average molecular weight is 256 g/mol. The third-order valence-electron chi connectivity index (χ3n) is 4.41. The second kappa shape index (κ2) is 4.53. The molecule has 0 radical (unpaired) electrons. The van der Waals surface area contributed by atoms with Crippen molar-refractivity contribution >= 4 is 11.9 Å². The van der Waals surface area contributed by atoms with Crippen LogP contribution in [0, 0.1) is 5.41 Å². The normalized spacial score (nSPS) is 18.9. The van der Waals surface area contributed by atoms with Crippen LogP contribution in [0.2, 0.25) is 0 Å². The number of amides is 1. The van der Waals surface area contributed by atoms with Gasteiger partial charge in [-0.3, -0.25) is 9.59 Å². The second-order valence-electron chi connectivity index (χ2n) is 6.50. The highest BCUT2D eigenvalue weighted by molar-refractivity contribution is 5.81. The summed E-state index contributed by atoms with van der Waals surface area (Å²) in [6.45, 7) is 6.67. The fourth-order valence-electron chi connectivity index (χ4n) is 1.94. The van der Waals surface area contributed by atoms with Crippen molar-refractivity contribution in [1.29, 1.82) is 0 Å². The molecule has 0 aromatic carbocycles. The maximum absolute atomic E-state index is 12.0. The minimum absolute atomic E-state index is 0.170. The third-order valence-corrected chi connectivity index (χ3v) is 4.41. The summed E-state index contributed by atoms with van der Waals surface area (Å²) >= 11 is 0. The molecule has 1 rings (SSSR count). The van der Waals surface area contributed by atoms with E-state index in [0.717, 1.165) is 19.3 Å². The summed E-state index contributed by atoms with van der Waals surface area (Å²) in [6.07, 6.45) is 3.06. The van der Waals surface area contributed by atoms with Crippen molar-refractivity contribution in [1.82, 2.24) is 5.32 Å². The van der Waals surface area contributed by atoms with Gasteiger partial charge in [-0.05, 0) is 47.0 Å². The van der Waals surface area contributed by atoms with Crippen LogP contribution in [0.25, 0.3) is 0 Å². The van der Waals surface area contributed by atoms with E-state index in [0.29, 0.717) is 0 Å². The molecule has 5 heteroatoms. The van der Waals surface area contributed by atoms with Crippen molar-refractivity contribution in [3.8, 4) is 0 Å². The maximum atomic E-state index is 12.0. The molecule has 1 aliphatic carbocycles. The Labute approximate surface area is 108 Å². The fraction of sp³-hybridized carbons (Fsp3) is 0.846. The van der Waals surface area contributed by atoms with Gasteiger partial charge in [0.1, 0.15) is 0 Å². The van der Waals surface area contributed by atoms with Gasteiger partial charge >= 0.3 is 5.97 Å². The van der Waals surface area contributed by atoms with Gasteiger partial charge in [-0.2, -0.15) is 0 Å². The minimum Gasteiger partial charge on any atom is -0.481 e. The quantitative estimate of drug-likeness (QED) is 0.690. The van der Waals surface area contributed by atoms with E-state index in [1.165, 1.54) is 0 Å². The van der Waals surface area contributed by atoms with Crippen molar-refractivity contribution in [2.75, 3.05) is 0 Å². The fourth-order valence-corrected chi connectivity index (χ4v) is 1.94. The number of aliphatic carboxylic acids is 1. The Bertz CT molecular complexity index is 357. The first kappa shape index (κ1) is 15.0. The van der Waals surface area contributed by atoms with Gasteiger partial charge in [0.05, 0.1) is 5.41 Å². The molecule has 1 aliphatic rings. The maximum Gasteiger partial charge on any atom is 0.311 e. The molecule has 18 heavy (non-hydrogen) atoms. The molecule has 0 saturated heterocycles. The van der Waals surface area contributed by atoms with Crippen LogP contribution in [-0.2, 0) is 9.59 Å². The lowest BCUT2D eigenvalue weighted by Gasteiger charge is -2.41. The van der Waals surface area contributed by atoms with E-state index in [1.54, 1.807) is 27.7 Å². The van der Waals surface area contributed by atoms with E-state index in [1.807, 2.05) is 0 Å². The zero-order valence-electron chi connectivity index (χ0n) is 11.7. The van der Waals surface area contributed by atoms with Gasteiger partial charge in [0.2, 0.25) is 5.91 Å². The number of hydrogen-bond acceptors (Lipinski definition) is 3. The van der Waals surface area contributed by atoms with E-state index in [9.17, 15) is 14.7 Å². The number of carbonyl (C=O) groups is 2. The lowest BCUT2D eigenvalue weighted by atomic mass is 9.73. The van der Waals surface area contributed by atoms with E-state index in [2.05, 4.69) is 5.32 Å². The molecule has 0 spiro atoms. The van der Waals surface area contributed by atoms with Crippen molar-refractivity contribution in [3.05, 3.63) is 0 Å². The summed E-state index contributed by atoms with van der Waals surface area (Å²) in [6, 6.07) is 0. The molecule has 1 saturated carbocycles. The van der Waals surface area contributed by atoms with Gasteiger partial charge < -0.3 is 16.2 Å². The molecule has 104 valence electrons. The Kier molecular flexibility index (Phi) is 3.77. The van der Waals surface area contributed by atoms with E-state index in [-0.39, 0.29) is 17.9 Å². The molecule has 0 aliphatic heterocycles. The number of nitrogens with one attached hydrogen (secondary N) is 1. The molecule has 0 bridgehead atoms. The lowest BCUT2D eigenvalue weighted by Crippen LogP contribution is -2.59. The van der Waals surface area contributed by atoms with Crippen LogP contribution in [0.4, 0.5) is 0 Å². The molecule has 4 N–H and O–H groups in total. The second-order valence-corrected chi connectivity index (χ2v) is 6.50. The van der Waals surface area contributed by atoms with E-state index in [4.69, 9.17) is 5.73 Å². The average Bonchev–Trinajstić information content (AvgIpc) is 2.13. The van der Waals surface area contributed by atoms with Gasteiger partial charge in [-0.1, -0.05) is 0 Å². The van der Waals surface area contributed by atoms with Crippen molar-refractivity contribution in [2.45, 2.75) is 64.5 Å². The smallest absolute Gasteiger partial charge is 0.311 e.